The molecule has 0 spiro atoms. The zero-order valence-corrected chi connectivity index (χ0v) is 13.0. The minimum atomic E-state index is 0.548. The van der Waals surface area contributed by atoms with Crippen LogP contribution in [0.25, 0.3) is 0 Å². The van der Waals surface area contributed by atoms with Crippen molar-refractivity contribution in [2.75, 3.05) is 40.1 Å². The SMILES string of the molecule is CCCOCCOc1ccc(Cl)cc1CNCCOC. The quantitative estimate of drug-likeness (QED) is 0.638. The fourth-order valence-corrected chi connectivity index (χ4v) is 1.88. The van der Waals surface area contributed by atoms with Gasteiger partial charge in [-0.1, -0.05) is 18.5 Å². The number of hydrogen-bond acceptors (Lipinski definition) is 4. The maximum atomic E-state index is 6.03. The molecule has 0 saturated carbocycles. The molecule has 0 fully saturated rings. The summed E-state index contributed by atoms with van der Waals surface area (Å²) >= 11 is 6.03. The predicted molar refractivity (Wildman–Crippen MR) is 81.6 cm³/mol. The Balaban J connectivity index is 2.42. The van der Waals surface area contributed by atoms with E-state index in [-0.39, 0.29) is 0 Å². The first-order chi connectivity index (χ1) is 9.77. The molecule has 1 aromatic carbocycles. The van der Waals surface area contributed by atoms with E-state index in [0.717, 1.165) is 30.9 Å². The average Bonchev–Trinajstić information content (AvgIpc) is 2.45. The second-order valence-corrected chi connectivity index (χ2v) is 4.82. The van der Waals surface area contributed by atoms with Crippen LogP contribution < -0.4 is 10.1 Å². The summed E-state index contributed by atoms with van der Waals surface area (Å²) in [6, 6.07) is 5.65. The normalized spacial score (nSPS) is 10.8. The molecule has 0 aliphatic heterocycles. The van der Waals surface area contributed by atoms with Crippen molar-refractivity contribution in [3.63, 3.8) is 0 Å². The van der Waals surface area contributed by atoms with Crippen LogP contribution in [0.2, 0.25) is 5.02 Å². The third-order valence-electron chi connectivity index (χ3n) is 2.65. The van der Waals surface area contributed by atoms with Crippen molar-refractivity contribution in [2.24, 2.45) is 0 Å². The van der Waals surface area contributed by atoms with E-state index >= 15 is 0 Å². The molecule has 0 aromatic heterocycles. The summed E-state index contributed by atoms with van der Waals surface area (Å²) in [5.74, 6) is 0.847. The summed E-state index contributed by atoms with van der Waals surface area (Å²) in [5.41, 5.74) is 1.05. The second kappa shape index (κ2) is 10.9. The highest BCUT2D eigenvalue weighted by Crippen LogP contribution is 2.22. The van der Waals surface area contributed by atoms with Gasteiger partial charge in [-0.25, -0.2) is 0 Å². The maximum absolute atomic E-state index is 6.03. The highest BCUT2D eigenvalue weighted by atomic mass is 35.5. The first-order valence-corrected chi connectivity index (χ1v) is 7.34. The molecule has 0 radical (unpaired) electrons. The zero-order chi connectivity index (χ0) is 14.6. The van der Waals surface area contributed by atoms with E-state index in [2.05, 4.69) is 12.2 Å². The third-order valence-corrected chi connectivity index (χ3v) is 2.89. The Morgan fingerprint density at radius 2 is 2.00 bits per heavy atom. The lowest BCUT2D eigenvalue weighted by Crippen LogP contribution is -2.19. The van der Waals surface area contributed by atoms with Crippen molar-refractivity contribution in [1.82, 2.24) is 5.32 Å². The Morgan fingerprint density at radius 1 is 1.15 bits per heavy atom. The van der Waals surface area contributed by atoms with Crippen LogP contribution in [-0.2, 0) is 16.0 Å². The van der Waals surface area contributed by atoms with Crippen LogP contribution >= 0.6 is 11.6 Å². The molecule has 20 heavy (non-hydrogen) atoms. The van der Waals surface area contributed by atoms with Gasteiger partial charge in [0.25, 0.3) is 0 Å². The summed E-state index contributed by atoms with van der Waals surface area (Å²) < 4.78 is 16.1. The summed E-state index contributed by atoms with van der Waals surface area (Å²) in [7, 11) is 1.69. The molecule has 0 atom stereocenters. The van der Waals surface area contributed by atoms with E-state index in [0.29, 0.717) is 31.4 Å². The molecular formula is C15H24ClNO3. The maximum Gasteiger partial charge on any atom is 0.124 e. The van der Waals surface area contributed by atoms with E-state index in [1.165, 1.54) is 0 Å². The second-order valence-electron chi connectivity index (χ2n) is 4.38. The number of ether oxygens (including phenoxy) is 3. The molecule has 0 aliphatic rings. The van der Waals surface area contributed by atoms with Crippen LogP contribution in [0, 0.1) is 0 Å². The average molecular weight is 302 g/mol. The lowest BCUT2D eigenvalue weighted by atomic mass is 10.2. The molecule has 0 unspecified atom stereocenters. The molecular weight excluding hydrogens is 278 g/mol. The van der Waals surface area contributed by atoms with Crippen LogP contribution in [0.1, 0.15) is 18.9 Å². The van der Waals surface area contributed by atoms with Gasteiger partial charge in [0.2, 0.25) is 0 Å². The molecule has 0 saturated heterocycles. The Hall–Kier alpha value is -0.810. The van der Waals surface area contributed by atoms with E-state index in [1.807, 2.05) is 18.2 Å². The summed E-state index contributed by atoms with van der Waals surface area (Å²) in [6.07, 6.45) is 1.02. The highest BCUT2D eigenvalue weighted by Gasteiger charge is 2.04. The smallest absolute Gasteiger partial charge is 0.124 e. The van der Waals surface area contributed by atoms with Crippen molar-refractivity contribution in [3.8, 4) is 5.75 Å². The molecule has 0 heterocycles. The van der Waals surface area contributed by atoms with Crippen molar-refractivity contribution in [3.05, 3.63) is 28.8 Å². The molecule has 1 rings (SSSR count). The molecule has 114 valence electrons. The summed E-state index contributed by atoms with van der Waals surface area (Å²) in [5, 5.41) is 4.00. The zero-order valence-electron chi connectivity index (χ0n) is 12.3. The van der Waals surface area contributed by atoms with E-state index in [9.17, 15) is 0 Å². The van der Waals surface area contributed by atoms with Gasteiger partial charge in [-0.05, 0) is 24.6 Å². The van der Waals surface area contributed by atoms with Crippen LogP contribution in [0.3, 0.4) is 0 Å². The van der Waals surface area contributed by atoms with Gasteiger partial charge in [-0.2, -0.15) is 0 Å². The van der Waals surface area contributed by atoms with Gasteiger partial charge in [0, 0.05) is 37.4 Å². The molecule has 4 nitrogen and oxygen atoms in total. The number of methoxy groups -OCH3 is 1. The number of benzene rings is 1. The van der Waals surface area contributed by atoms with Gasteiger partial charge in [-0.3, -0.25) is 0 Å². The van der Waals surface area contributed by atoms with E-state index in [1.54, 1.807) is 7.11 Å². The first-order valence-electron chi connectivity index (χ1n) is 6.96. The molecule has 1 N–H and O–H groups in total. The van der Waals surface area contributed by atoms with Crippen molar-refractivity contribution >= 4 is 11.6 Å². The largest absolute Gasteiger partial charge is 0.491 e. The van der Waals surface area contributed by atoms with Crippen LogP contribution in [0.4, 0.5) is 0 Å². The fraction of sp³-hybridized carbons (Fsp3) is 0.600. The third kappa shape index (κ3) is 7.10. The van der Waals surface area contributed by atoms with Gasteiger partial charge in [0.05, 0.1) is 13.2 Å². The molecule has 5 heteroatoms. The van der Waals surface area contributed by atoms with Crippen LogP contribution in [0.15, 0.2) is 18.2 Å². The topological polar surface area (TPSA) is 39.7 Å². The number of nitrogens with one attached hydrogen (secondary N) is 1. The first kappa shape index (κ1) is 17.2. The molecule has 0 aliphatic carbocycles. The number of halogens is 1. The monoisotopic (exact) mass is 301 g/mol. The fourth-order valence-electron chi connectivity index (χ4n) is 1.68. The van der Waals surface area contributed by atoms with Crippen LogP contribution in [0.5, 0.6) is 5.75 Å². The van der Waals surface area contributed by atoms with Gasteiger partial charge < -0.3 is 19.5 Å². The van der Waals surface area contributed by atoms with Crippen molar-refractivity contribution in [2.45, 2.75) is 19.9 Å². The lowest BCUT2D eigenvalue weighted by Gasteiger charge is -2.13. The minimum absolute atomic E-state index is 0.548. The Bertz CT molecular complexity index is 374. The Labute approximate surface area is 126 Å². The Morgan fingerprint density at radius 3 is 2.75 bits per heavy atom. The molecule has 0 bridgehead atoms. The molecule has 0 amide bonds. The number of rotatable bonds is 11. The van der Waals surface area contributed by atoms with Crippen molar-refractivity contribution in [1.29, 1.82) is 0 Å². The van der Waals surface area contributed by atoms with Crippen molar-refractivity contribution < 1.29 is 14.2 Å². The van der Waals surface area contributed by atoms with Crippen LogP contribution in [-0.4, -0.2) is 40.1 Å². The lowest BCUT2D eigenvalue weighted by molar-refractivity contribution is 0.100. The standard InChI is InChI=1S/C15H24ClNO3/c1-3-7-19-9-10-20-15-5-4-14(16)11-13(15)12-17-6-8-18-2/h4-5,11,17H,3,6-10,12H2,1-2H3. The van der Waals surface area contributed by atoms with E-state index in [4.69, 9.17) is 25.8 Å². The van der Waals surface area contributed by atoms with Gasteiger partial charge in [0.1, 0.15) is 12.4 Å². The van der Waals surface area contributed by atoms with Gasteiger partial charge in [0.15, 0.2) is 0 Å². The summed E-state index contributed by atoms with van der Waals surface area (Å²) in [4.78, 5) is 0. The van der Waals surface area contributed by atoms with Gasteiger partial charge in [-0.15, -0.1) is 0 Å². The minimum Gasteiger partial charge on any atom is -0.491 e. The highest BCUT2D eigenvalue weighted by molar-refractivity contribution is 6.30. The van der Waals surface area contributed by atoms with E-state index < -0.39 is 0 Å². The summed E-state index contributed by atoms with van der Waals surface area (Å²) in [6.45, 7) is 6.19. The number of hydrogen-bond donors (Lipinski definition) is 1. The van der Waals surface area contributed by atoms with Gasteiger partial charge >= 0.3 is 0 Å². The predicted octanol–water partition coefficient (Wildman–Crippen LogP) is 2.88. The molecule has 1 aromatic rings. The Kier molecular flexibility index (Phi) is 9.41.